The van der Waals surface area contributed by atoms with E-state index in [1.54, 1.807) is 24.1 Å². The predicted octanol–water partition coefficient (Wildman–Crippen LogP) is 1.65. The molecule has 0 radical (unpaired) electrons. The average molecular weight is 288 g/mol. The average Bonchev–Trinajstić information content (AvgIpc) is 2.96. The van der Waals surface area contributed by atoms with E-state index >= 15 is 0 Å². The van der Waals surface area contributed by atoms with E-state index in [9.17, 15) is 4.79 Å². The molecular weight excluding hydrogens is 268 g/mol. The Labute approximate surface area is 123 Å². The molecule has 112 valence electrons. The number of nitrogens with one attached hydrogen (secondary N) is 1. The molecule has 1 aromatic heterocycles. The minimum absolute atomic E-state index is 0.0855. The molecule has 1 unspecified atom stereocenters. The van der Waals surface area contributed by atoms with E-state index in [1.165, 1.54) is 0 Å². The Bertz CT molecular complexity index is 636. The van der Waals surface area contributed by atoms with Crippen LogP contribution in [0.25, 0.3) is 5.69 Å². The molecule has 0 fully saturated rings. The van der Waals surface area contributed by atoms with Gasteiger partial charge in [0.2, 0.25) is 0 Å². The minimum Gasteiger partial charge on any atom is -0.496 e. The predicted molar refractivity (Wildman–Crippen MR) is 80.7 cm³/mol. The standard InChI is InChI=1S/C15H20N4O2/c1-4-17-10(2)14-12(6-5-7-13(14)21-3)19-9-8-11(18-19)15(16)20/h5-10,17H,4H2,1-3H3,(H2,16,20). The van der Waals surface area contributed by atoms with Gasteiger partial charge in [-0.15, -0.1) is 0 Å². The fourth-order valence-corrected chi connectivity index (χ4v) is 2.34. The van der Waals surface area contributed by atoms with E-state index in [-0.39, 0.29) is 11.7 Å². The zero-order valence-corrected chi connectivity index (χ0v) is 12.5. The molecule has 6 nitrogen and oxygen atoms in total. The maximum absolute atomic E-state index is 11.2. The van der Waals surface area contributed by atoms with Crippen LogP contribution in [-0.4, -0.2) is 29.3 Å². The molecule has 21 heavy (non-hydrogen) atoms. The van der Waals surface area contributed by atoms with Crippen LogP contribution < -0.4 is 15.8 Å². The first-order valence-electron chi connectivity index (χ1n) is 6.84. The Morgan fingerprint density at radius 3 is 2.81 bits per heavy atom. The lowest BCUT2D eigenvalue weighted by molar-refractivity contribution is 0.0995. The lowest BCUT2D eigenvalue weighted by atomic mass is 10.0. The highest BCUT2D eigenvalue weighted by Gasteiger charge is 2.18. The quantitative estimate of drug-likeness (QED) is 0.846. The van der Waals surface area contributed by atoms with Crippen molar-refractivity contribution >= 4 is 5.91 Å². The summed E-state index contributed by atoms with van der Waals surface area (Å²) < 4.78 is 7.10. The number of carbonyl (C=O) groups is 1. The summed E-state index contributed by atoms with van der Waals surface area (Å²) in [5.74, 6) is 0.231. The number of methoxy groups -OCH3 is 1. The second kappa shape index (κ2) is 6.41. The second-order valence-electron chi connectivity index (χ2n) is 4.68. The van der Waals surface area contributed by atoms with Gasteiger partial charge in [0.15, 0.2) is 0 Å². The van der Waals surface area contributed by atoms with Crippen LogP contribution in [0.15, 0.2) is 30.5 Å². The third-order valence-electron chi connectivity index (χ3n) is 3.29. The number of hydrogen-bond donors (Lipinski definition) is 2. The van der Waals surface area contributed by atoms with Crippen molar-refractivity contribution in [2.45, 2.75) is 19.9 Å². The van der Waals surface area contributed by atoms with Gasteiger partial charge in [0.25, 0.3) is 5.91 Å². The Morgan fingerprint density at radius 2 is 2.24 bits per heavy atom. The largest absolute Gasteiger partial charge is 0.496 e. The summed E-state index contributed by atoms with van der Waals surface area (Å²) in [6.07, 6.45) is 1.72. The molecule has 1 atom stereocenters. The van der Waals surface area contributed by atoms with E-state index in [0.717, 1.165) is 23.5 Å². The summed E-state index contributed by atoms with van der Waals surface area (Å²) in [7, 11) is 1.64. The molecule has 2 rings (SSSR count). The first-order chi connectivity index (χ1) is 10.1. The topological polar surface area (TPSA) is 82.2 Å². The van der Waals surface area contributed by atoms with Crippen molar-refractivity contribution < 1.29 is 9.53 Å². The number of rotatable bonds is 6. The fourth-order valence-electron chi connectivity index (χ4n) is 2.34. The van der Waals surface area contributed by atoms with Crippen molar-refractivity contribution in [3.05, 3.63) is 41.7 Å². The minimum atomic E-state index is -0.544. The van der Waals surface area contributed by atoms with Crippen molar-refractivity contribution in [1.82, 2.24) is 15.1 Å². The zero-order valence-electron chi connectivity index (χ0n) is 12.5. The number of hydrogen-bond acceptors (Lipinski definition) is 4. The van der Waals surface area contributed by atoms with Gasteiger partial charge in [0.1, 0.15) is 11.4 Å². The highest BCUT2D eigenvalue weighted by atomic mass is 16.5. The Hall–Kier alpha value is -2.34. The van der Waals surface area contributed by atoms with E-state index in [4.69, 9.17) is 10.5 Å². The molecule has 0 spiro atoms. The van der Waals surface area contributed by atoms with Gasteiger partial charge in [0.05, 0.1) is 12.8 Å². The molecule has 1 amide bonds. The molecule has 0 aliphatic rings. The van der Waals surface area contributed by atoms with Gasteiger partial charge < -0.3 is 15.8 Å². The number of ether oxygens (including phenoxy) is 1. The summed E-state index contributed by atoms with van der Waals surface area (Å²) >= 11 is 0. The summed E-state index contributed by atoms with van der Waals surface area (Å²) in [6, 6.07) is 7.42. The Morgan fingerprint density at radius 1 is 1.48 bits per heavy atom. The van der Waals surface area contributed by atoms with Gasteiger partial charge in [-0.25, -0.2) is 4.68 Å². The molecule has 0 saturated carbocycles. The normalized spacial score (nSPS) is 12.1. The second-order valence-corrected chi connectivity index (χ2v) is 4.68. The summed E-state index contributed by atoms with van der Waals surface area (Å²) in [5, 5.41) is 7.58. The molecular formula is C15H20N4O2. The molecule has 1 heterocycles. The van der Waals surface area contributed by atoms with Gasteiger partial charge in [-0.3, -0.25) is 4.79 Å². The smallest absolute Gasteiger partial charge is 0.269 e. The number of primary amides is 1. The number of amides is 1. The van der Waals surface area contributed by atoms with Crippen LogP contribution in [-0.2, 0) is 0 Å². The van der Waals surface area contributed by atoms with E-state index in [0.29, 0.717) is 0 Å². The summed E-state index contributed by atoms with van der Waals surface area (Å²) in [6.45, 7) is 4.94. The van der Waals surface area contributed by atoms with Crippen LogP contribution >= 0.6 is 0 Å². The van der Waals surface area contributed by atoms with Crippen LogP contribution in [0.3, 0.4) is 0 Å². The van der Waals surface area contributed by atoms with Gasteiger partial charge >= 0.3 is 0 Å². The molecule has 6 heteroatoms. The third-order valence-corrected chi connectivity index (χ3v) is 3.29. The number of benzene rings is 1. The van der Waals surface area contributed by atoms with Crippen LogP contribution in [0, 0.1) is 0 Å². The molecule has 1 aromatic carbocycles. The Kier molecular flexibility index (Phi) is 4.59. The lowest BCUT2D eigenvalue weighted by Crippen LogP contribution is -2.20. The van der Waals surface area contributed by atoms with Crippen LogP contribution in [0.1, 0.15) is 35.9 Å². The number of nitrogens with two attached hydrogens (primary N) is 1. The highest BCUT2D eigenvalue weighted by molar-refractivity contribution is 5.90. The molecule has 0 aliphatic carbocycles. The fraction of sp³-hybridized carbons (Fsp3) is 0.333. The number of nitrogens with zero attached hydrogens (tertiary/aromatic N) is 2. The lowest BCUT2D eigenvalue weighted by Gasteiger charge is -2.20. The first-order valence-corrected chi connectivity index (χ1v) is 6.84. The van der Waals surface area contributed by atoms with Crippen molar-refractivity contribution in [3.8, 4) is 11.4 Å². The van der Waals surface area contributed by atoms with E-state index < -0.39 is 5.91 Å². The zero-order chi connectivity index (χ0) is 15.4. The molecule has 0 bridgehead atoms. The maximum atomic E-state index is 11.2. The van der Waals surface area contributed by atoms with E-state index in [1.807, 2.05) is 25.1 Å². The van der Waals surface area contributed by atoms with Crippen LogP contribution in [0.2, 0.25) is 0 Å². The van der Waals surface area contributed by atoms with E-state index in [2.05, 4.69) is 17.3 Å². The third kappa shape index (κ3) is 3.05. The summed E-state index contributed by atoms with van der Waals surface area (Å²) in [5.41, 5.74) is 7.33. The highest BCUT2D eigenvalue weighted by Crippen LogP contribution is 2.30. The van der Waals surface area contributed by atoms with Gasteiger partial charge in [0, 0.05) is 17.8 Å². The first kappa shape index (κ1) is 15.1. The van der Waals surface area contributed by atoms with Crippen molar-refractivity contribution in [1.29, 1.82) is 0 Å². The SMILES string of the molecule is CCNC(C)c1c(OC)cccc1-n1ccc(C(N)=O)n1. The van der Waals surface area contributed by atoms with Crippen LogP contribution in [0.4, 0.5) is 0 Å². The maximum Gasteiger partial charge on any atom is 0.269 e. The molecule has 0 saturated heterocycles. The number of carbonyl (C=O) groups excluding carboxylic acids is 1. The molecule has 2 aromatic rings. The molecule has 0 aliphatic heterocycles. The molecule has 3 N–H and O–H groups in total. The van der Waals surface area contributed by atoms with Crippen molar-refractivity contribution in [2.75, 3.05) is 13.7 Å². The van der Waals surface area contributed by atoms with Gasteiger partial charge in [-0.1, -0.05) is 13.0 Å². The van der Waals surface area contributed by atoms with Gasteiger partial charge in [-0.05, 0) is 31.7 Å². The van der Waals surface area contributed by atoms with Crippen LogP contribution in [0.5, 0.6) is 5.75 Å². The summed E-state index contributed by atoms with van der Waals surface area (Å²) in [4.78, 5) is 11.2. The van der Waals surface area contributed by atoms with Crippen molar-refractivity contribution in [2.24, 2.45) is 5.73 Å². The Balaban J connectivity index is 2.53. The van der Waals surface area contributed by atoms with Gasteiger partial charge in [-0.2, -0.15) is 5.10 Å². The number of aromatic nitrogens is 2. The van der Waals surface area contributed by atoms with Crippen molar-refractivity contribution in [3.63, 3.8) is 0 Å². The monoisotopic (exact) mass is 288 g/mol.